The van der Waals surface area contributed by atoms with E-state index in [-0.39, 0.29) is 5.60 Å². The second kappa shape index (κ2) is 6.79. The van der Waals surface area contributed by atoms with Gasteiger partial charge in [0, 0.05) is 26.7 Å². The van der Waals surface area contributed by atoms with Crippen LogP contribution in [-0.2, 0) is 4.74 Å². The second-order valence-electron chi connectivity index (χ2n) is 6.84. The zero-order valence-corrected chi connectivity index (χ0v) is 13.6. The van der Waals surface area contributed by atoms with Gasteiger partial charge in [0.15, 0.2) is 5.96 Å². The topological polar surface area (TPSA) is 36.9 Å². The van der Waals surface area contributed by atoms with E-state index in [4.69, 9.17) is 9.73 Å². The molecule has 0 aromatic heterocycles. The zero-order chi connectivity index (χ0) is 14.6. The lowest BCUT2D eigenvalue weighted by Crippen LogP contribution is -2.41. The van der Waals surface area contributed by atoms with Crippen molar-refractivity contribution in [3.05, 3.63) is 0 Å². The molecule has 1 aliphatic carbocycles. The third kappa shape index (κ3) is 3.87. The minimum atomic E-state index is -0.187. The first-order valence-corrected chi connectivity index (χ1v) is 8.14. The molecule has 2 fully saturated rings. The van der Waals surface area contributed by atoms with E-state index in [0.29, 0.717) is 6.54 Å². The van der Waals surface area contributed by atoms with Crippen LogP contribution in [-0.4, -0.2) is 49.7 Å². The average Bonchev–Trinajstić information content (AvgIpc) is 2.87. The number of rotatable bonds is 4. The van der Waals surface area contributed by atoms with Crippen molar-refractivity contribution in [3.8, 4) is 0 Å². The minimum Gasteiger partial charge on any atom is -0.377 e. The molecule has 4 nitrogen and oxygen atoms in total. The fraction of sp³-hybridized carbons (Fsp3) is 0.938. The Kier molecular flexibility index (Phi) is 5.30. The molecule has 116 valence electrons. The van der Waals surface area contributed by atoms with E-state index >= 15 is 0 Å². The summed E-state index contributed by atoms with van der Waals surface area (Å²) in [5.41, 5.74) is -0.187. The summed E-state index contributed by atoms with van der Waals surface area (Å²) >= 11 is 0. The Balaban J connectivity index is 1.99. The second-order valence-corrected chi connectivity index (χ2v) is 6.84. The van der Waals surface area contributed by atoms with E-state index in [0.717, 1.165) is 24.3 Å². The number of ether oxygens (including phenoxy) is 1. The van der Waals surface area contributed by atoms with E-state index < -0.39 is 0 Å². The van der Waals surface area contributed by atoms with Crippen LogP contribution in [0.1, 0.15) is 46.5 Å². The fourth-order valence-corrected chi connectivity index (χ4v) is 3.33. The van der Waals surface area contributed by atoms with Crippen molar-refractivity contribution in [2.45, 2.75) is 52.1 Å². The van der Waals surface area contributed by atoms with E-state index in [1.807, 2.05) is 0 Å². The molecule has 0 amide bonds. The molecule has 20 heavy (non-hydrogen) atoms. The SMILES string of the molecule is CCNC(=NCC(C)(C)OC)N1CC2CCCCC2C1. The number of methoxy groups -OCH3 is 1. The maximum Gasteiger partial charge on any atom is 0.194 e. The van der Waals surface area contributed by atoms with Gasteiger partial charge in [-0.05, 0) is 45.4 Å². The Morgan fingerprint density at radius 2 is 1.85 bits per heavy atom. The molecule has 2 aliphatic rings. The molecular formula is C16H31N3O. The number of hydrogen-bond acceptors (Lipinski definition) is 2. The number of nitrogens with zero attached hydrogens (tertiary/aromatic N) is 2. The number of fused-ring (bicyclic) bond motifs is 1. The van der Waals surface area contributed by atoms with Gasteiger partial charge in [-0.15, -0.1) is 0 Å². The minimum absolute atomic E-state index is 0.187. The van der Waals surface area contributed by atoms with Crippen molar-refractivity contribution < 1.29 is 4.74 Å². The largest absolute Gasteiger partial charge is 0.377 e. The highest BCUT2D eigenvalue weighted by atomic mass is 16.5. The summed E-state index contributed by atoms with van der Waals surface area (Å²) < 4.78 is 5.47. The van der Waals surface area contributed by atoms with Gasteiger partial charge in [-0.3, -0.25) is 4.99 Å². The van der Waals surface area contributed by atoms with Gasteiger partial charge in [0.1, 0.15) is 0 Å². The van der Waals surface area contributed by atoms with Gasteiger partial charge in [-0.1, -0.05) is 12.8 Å². The third-order valence-corrected chi connectivity index (χ3v) is 4.77. The fourth-order valence-electron chi connectivity index (χ4n) is 3.33. The van der Waals surface area contributed by atoms with E-state index in [1.54, 1.807) is 7.11 Å². The van der Waals surface area contributed by atoms with Crippen LogP contribution in [0, 0.1) is 11.8 Å². The average molecular weight is 281 g/mol. The summed E-state index contributed by atoms with van der Waals surface area (Å²) in [6.07, 6.45) is 5.65. The van der Waals surface area contributed by atoms with Crippen LogP contribution in [0.25, 0.3) is 0 Å². The maximum absolute atomic E-state index is 5.47. The Labute approximate surface area is 124 Å². The highest BCUT2D eigenvalue weighted by Gasteiger charge is 2.35. The van der Waals surface area contributed by atoms with E-state index in [2.05, 4.69) is 31.0 Å². The molecule has 0 aromatic carbocycles. The van der Waals surface area contributed by atoms with Crippen LogP contribution < -0.4 is 5.32 Å². The van der Waals surface area contributed by atoms with Crippen LogP contribution in [0.5, 0.6) is 0 Å². The van der Waals surface area contributed by atoms with Gasteiger partial charge >= 0.3 is 0 Å². The molecule has 1 saturated carbocycles. The molecule has 1 N–H and O–H groups in total. The Morgan fingerprint density at radius 1 is 1.25 bits per heavy atom. The maximum atomic E-state index is 5.47. The van der Waals surface area contributed by atoms with Crippen molar-refractivity contribution in [2.75, 3.05) is 33.3 Å². The van der Waals surface area contributed by atoms with Gasteiger partial charge in [-0.2, -0.15) is 0 Å². The van der Waals surface area contributed by atoms with Crippen molar-refractivity contribution in [1.82, 2.24) is 10.2 Å². The quantitative estimate of drug-likeness (QED) is 0.635. The molecule has 2 atom stereocenters. The predicted octanol–water partition coefficient (Wildman–Crippen LogP) is 2.50. The van der Waals surface area contributed by atoms with Crippen LogP contribution >= 0.6 is 0 Å². The number of hydrogen-bond donors (Lipinski definition) is 1. The zero-order valence-electron chi connectivity index (χ0n) is 13.6. The van der Waals surface area contributed by atoms with Crippen molar-refractivity contribution in [3.63, 3.8) is 0 Å². The Morgan fingerprint density at radius 3 is 2.35 bits per heavy atom. The summed E-state index contributed by atoms with van der Waals surface area (Å²) in [6.45, 7) is 10.3. The van der Waals surface area contributed by atoms with Gasteiger partial charge < -0.3 is 15.0 Å². The summed E-state index contributed by atoms with van der Waals surface area (Å²) in [5, 5.41) is 3.45. The van der Waals surface area contributed by atoms with Crippen LogP contribution in [0.2, 0.25) is 0 Å². The Bertz CT molecular complexity index is 327. The van der Waals surface area contributed by atoms with E-state index in [9.17, 15) is 0 Å². The molecule has 2 rings (SSSR count). The number of guanidine groups is 1. The first kappa shape index (κ1) is 15.6. The van der Waals surface area contributed by atoms with Crippen LogP contribution in [0.15, 0.2) is 4.99 Å². The lowest BCUT2D eigenvalue weighted by molar-refractivity contribution is 0.0309. The highest BCUT2D eigenvalue weighted by molar-refractivity contribution is 5.80. The van der Waals surface area contributed by atoms with E-state index in [1.165, 1.54) is 38.8 Å². The normalized spacial score (nSPS) is 27.6. The molecule has 1 heterocycles. The first-order valence-electron chi connectivity index (χ1n) is 8.14. The molecule has 0 bridgehead atoms. The van der Waals surface area contributed by atoms with Gasteiger partial charge in [0.05, 0.1) is 12.1 Å². The lowest BCUT2D eigenvalue weighted by Gasteiger charge is -2.25. The van der Waals surface area contributed by atoms with Crippen molar-refractivity contribution in [2.24, 2.45) is 16.8 Å². The number of aliphatic imine (C=N–C) groups is 1. The van der Waals surface area contributed by atoms with Crippen molar-refractivity contribution >= 4 is 5.96 Å². The first-order chi connectivity index (χ1) is 9.55. The summed E-state index contributed by atoms with van der Waals surface area (Å²) in [7, 11) is 1.76. The number of likely N-dealkylation sites (tertiary alicyclic amines) is 1. The number of nitrogens with one attached hydrogen (secondary N) is 1. The van der Waals surface area contributed by atoms with Gasteiger partial charge in [-0.25, -0.2) is 0 Å². The monoisotopic (exact) mass is 281 g/mol. The summed E-state index contributed by atoms with van der Waals surface area (Å²) in [6, 6.07) is 0. The van der Waals surface area contributed by atoms with Crippen LogP contribution in [0.4, 0.5) is 0 Å². The molecule has 0 aromatic rings. The summed E-state index contributed by atoms with van der Waals surface area (Å²) in [4.78, 5) is 7.27. The smallest absolute Gasteiger partial charge is 0.194 e. The molecule has 1 aliphatic heterocycles. The highest BCUT2D eigenvalue weighted by Crippen LogP contribution is 2.35. The predicted molar refractivity (Wildman–Crippen MR) is 84.1 cm³/mol. The third-order valence-electron chi connectivity index (χ3n) is 4.77. The lowest BCUT2D eigenvalue weighted by atomic mass is 9.82. The van der Waals surface area contributed by atoms with Crippen LogP contribution in [0.3, 0.4) is 0 Å². The molecule has 0 spiro atoms. The molecule has 0 radical (unpaired) electrons. The molecular weight excluding hydrogens is 250 g/mol. The summed E-state index contributed by atoms with van der Waals surface area (Å²) in [5.74, 6) is 2.86. The Hall–Kier alpha value is -0.770. The molecule has 2 unspecified atom stereocenters. The molecule has 1 saturated heterocycles. The molecule has 4 heteroatoms. The van der Waals surface area contributed by atoms with Crippen molar-refractivity contribution in [1.29, 1.82) is 0 Å². The van der Waals surface area contributed by atoms with Gasteiger partial charge in [0.25, 0.3) is 0 Å². The van der Waals surface area contributed by atoms with Gasteiger partial charge in [0.2, 0.25) is 0 Å². The standard InChI is InChI=1S/C16H31N3O/c1-5-17-15(18-12-16(2,3)20-4)19-10-13-8-6-7-9-14(13)11-19/h13-14H,5-12H2,1-4H3,(H,17,18).